The minimum absolute atomic E-state index is 0.0952. The van der Waals surface area contributed by atoms with Gasteiger partial charge in [0, 0.05) is 48.1 Å². The van der Waals surface area contributed by atoms with Crippen molar-refractivity contribution in [3.8, 4) is 6.07 Å². The first-order chi connectivity index (χ1) is 13.5. The first kappa shape index (κ1) is 19.4. The number of ether oxygens (including phenoxy) is 2. The van der Waals surface area contributed by atoms with Crippen LogP contribution in [-0.2, 0) is 20.7 Å². The molecule has 0 bridgehead atoms. The topological polar surface area (TPSA) is 74.9 Å². The van der Waals surface area contributed by atoms with E-state index >= 15 is 0 Å². The summed E-state index contributed by atoms with van der Waals surface area (Å²) in [5, 5.41) is 10.6. The van der Waals surface area contributed by atoms with Crippen molar-refractivity contribution in [1.29, 1.82) is 5.26 Å². The first-order valence-electron chi connectivity index (χ1n) is 9.21. The van der Waals surface area contributed by atoms with Gasteiger partial charge in [-0.05, 0) is 17.7 Å². The first-order valence-corrected chi connectivity index (χ1v) is 9.97. The molecular formula is C20H19Cl2N3O3. The van der Waals surface area contributed by atoms with Gasteiger partial charge in [-0.3, -0.25) is 4.79 Å². The van der Waals surface area contributed by atoms with Crippen LogP contribution in [0.3, 0.4) is 0 Å². The highest BCUT2D eigenvalue weighted by Gasteiger charge is 2.41. The van der Waals surface area contributed by atoms with Crippen LogP contribution in [-0.4, -0.2) is 48.5 Å². The molecule has 4 rings (SSSR count). The van der Waals surface area contributed by atoms with E-state index in [1.807, 2.05) is 11.0 Å². The number of nitrogens with zero attached hydrogens (tertiary/aromatic N) is 3. The van der Waals surface area contributed by atoms with E-state index in [0.717, 1.165) is 5.56 Å². The van der Waals surface area contributed by atoms with Crippen LogP contribution in [0, 0.1) is 11.3 Å². The molecule has 1 spiro atoms. The van der Waals surface area contributed by atoms with Gasteiger partial charge in [0.15, 0.2) is 11.6 Å². The molecule has 3 aliphatic rings. The van der Waals surface area contributed by atoms with Gasteiger partial charge in [0.05, 0.1) is 19.6 Å². The van der Waals surface area contributed by atoms with Crippen LogP contribution in [0.2, 0.25) is 10.0 Å². The molecule has 0 aromatic heterocycles. The van der Waals surface area contributed by atoms with Gasteiger partial charge in [0.1, 0.15) is 17.5 Å². The summed E-state index contributed by atoms with van der Waals surface area (Å²) in [4.78, 5) is 19.2. The Morgan fingerprint density at radius 3 is 2.43 bits per heavy atom. The van der Waals surface area contributed by atoms with E-state index in [1.165, 1.54) is 0 Å². The maximum Gasteiger partial charge on any atom is 0.182 e. The molecule has 0 aliphatic carbocycles. The normalized spacial score (nSPS) is 21.8. The summed E-state index contributed by atoms with van der Waals surface area (Å²) in [6.45, 7) is 2.42. The molecule has 0 saturated carbocycles. The lowest BCUT2D eigenvalue weighted by Gasteiger charge is -2.39. The Hall–Kier alpha value is -1.91. The number of nitriles is 1. The summed E-state index contributed by atoms with van der Waals surface area (Å²) in [5.41, 5.74) is 1.50. The minimum atomic E-state index is -0.528. The SMILES string of the molecule is N#CC1=C(N2CCC3(CC2)OCCO3)N=C(Cc2c(Cl)cccc2Cl)CC1=O. The number of ketones is 1. The molecule has 3 heterocycles. The van der Waals surface area contributed by atoms with Gasteiger partial charge in [-0.2, -0.15) is 5.26 Å². The van der Waals surface area contributed by atoms with Gasteiger partial charge in [0.2, 0.25) is 0 Å². The van der Waals surface area contributed by atoms with Crippen molar-refractivity contribution in [2.45, 2.75) is 31.5 Å². The summed E-state index contributed by atoms with van der Waals surface area (Å²) in [7, 11) is 0. The number of halogens is 2. The lowest BCUT2D eigenvalue weighted by molar-refractivity contribution is -0.182. The molecule has 1 aromatic rings. The van der Waals surface area contributed by atoms with Gasteiger partial charge in [0.25, 0.3) is 0 Å². The van der Waals surface area contributed by atoms with Crippen LogP contribution < -0.4 is 0 Å². The number of piperidine rings is 1. The fraction of sp³-hybridized carbons (Fsp3) is 0.450. The van der Waals surface area contributed by atoms with E-state index in [2.05, 4.69) is 4.99 Å². The fourth-order valence-electron chi connectivity index (χ4n) is 3.84. The highest BCUT2D eigenvalue weighted by Crippen LogP contribution is 2.34. The van der Waals surface area contributed by atoms with Crippen molar-refractivity contribution in [1.82, 2.24) is 4.90 Å². The number of hydrogen-bond donors (Lipinski definition) is 0. The number of carbonyl (C=O) groups excluding carboxylic acids is 1. The molecule has 2 saturated heterocycles. The Balaban J connectivity index is 1.59. The van der Waals surface area contributed by atoms with Gasteiger partial charge >= 0.3 is 0 Å². The molecule has 146 valence electrons. The van der Waals surface area contributed by atoms with Crippen molar-refractivity contribution < 1.29 is 14.3 Å². The Bertz CT molecular complexity index is 884. The van der Waals surface area contributed by atoms with Crippen LogP contribution in [0.1, 0.15) is 24.8 Å². The molecule has 6 nitrogen and oxygen atoms in total. The summed E-state index contributed by atoms with van der Waals surface area (Å²) in [5.74, 6) is -0.315. The number of carbonyl (C=O) groups is 1. The molecule has 0 radical (unpaired) electrons. The van der Waals surface area contributed by atoms with Crippen LogP contribution in [0.4, 0.5) is 0 Å². The molecule has 0 amide bonds. The number of Topliss-reactive ketones (excluding diaryl/α,β-unsaturated/α-hetero) is 1. The second-order valence-corrected chi connectivity index (χ2v) is 7.87. The number of allylic oxidation sites excluding steroid dienone is 1. The van der Waals surface area contributed by atoms with Gasteiger partial charge < -0.3 is 14.4 Å². The predicted molar refractivity (Wildman–Crippen MR) is 105 cm³/mol. The summed E-state index contributed by atoms with van der Waals surface area (Å²) >= 11 is 12.5. The van der Waals surface area contributed by atoms with E-state index in [-0.39, 0.29) is 17.8 Å². The third kappa shape index (κ3) is 3.68. The van der Waals surface area contributed by atoms with Crippen molar-refractivity contribution in [3.05, 3.63) is 45.2 Å². The van der Waals surface area contributed by atoms with Crippen LogP contribution in [0.15, 0.2) is 34.6 Å². The zero-order valence-electron chi connectivity index (χ0n) is 15.2. The molecule has 1 aromatic carbocycles. The predicted octanol–water partition coefficient (Wildman–Crippen LogP) is 3.52. The minimum Gasteiger partial charge on any atom is -0.355 e. The lowest BCUT2D eigenvalue weighted by Crippen LogP contribution is -2.45. The summed E-state index contributed by atoms with van der Waals surface area (Å²) in [6.07, 6.45) is 1.81. The third-order valence-electron chi connectivity index (χ3n) is 5.32. The summed E-state index contributed by atoms with van der Waals surface area (Å²) in [6, 6.07) is 7.33. The van der Waals surface area contributed by atoms with Crippen molar-refractivity contribution in [2.24, 2.45) is 4.99 Å². The second-order valence-electron chi connectivity index (χ2n) is 7.06. The zero-order chi connectivity index (χ0) is 19.7. The number of benzene rings is 1. The smallest absolute Gasteiger partial charge is 0.182 e. The lowest BCUT2D eigenvalue weighted by atomic mass is 9.97. The van der Waals surface area contributed by atoms with E-state index in [9.17, 15) is 10.1 Å². The standard InChI is InChI=1S/C20H19Cl2N3O3/c21-16-2-1-3-17(22)14(16)10-13-11-18(26)15(12-23)19(24-13)25-6-4-20(5-7-25)27-8-9-28-20/h1-3H,4-11H2. The molecule has 8 heteroatoms. The fourth-order valence-corrected chi connectivity index (χ4v) is 4.37. The van der Waals surface area contributed by atoms with Crippen molar-refractivity contribution >= 4 is 34.7 Å². The van der Waals surface area contributed by atoms with E-state index in [1.54, 1.807) is 18.2 Å². The maximum absolute atomic E-state index is 12.6. The quantitative estimate of drug-likeness (QED) is 0.748. The molecule has 3 aliphatic heterocycles. The van der Waals surface area contributed by atoms with E-state index in [4.69, 9.17) is 32.7 Å². The van der Waals surface area contributed by atoms with E-state index < -0.39 is 5.79 Å². The molecule has 0 N–H and O–H groups in total. The largest absolute Gasteiger partial charge is 0.355 e. The van der Waals surface area contributed by atoms with Crippen LogP contribution in [0.5, 0.6) is 0 Å². The maximum atomic E-state index is 12.6. The van der Waals surface area contributed by atoms with Crippen LogP contribution >= 0.6 is 23.2 Å². The van der Waals surface area contributed by atoms with Gasteiger partial charge in [-0.25, -0.2) is 4.99 Å². The highest BCUT2D eigenvalue weighted by atomic mass is 35.5. The molecular weight excluding hydrogens is 401 g/mol. The third-order valence-corrected chi connectivity index (χ3v) is 6.03. The average molecular weight is 420 g/mol. The number of hydrogen-bond acceptors (Lipinski definition) is 6. The van der Waals surface area contributed by atoms with Crippen molar-refractivity contribution in [3.63, 3.8) is 0 Å². The monoisotopic (exact) mass is 419 g/mol. The Morgan fingerprint density at radius 2 is 1.82 bits per heavy atom. The van der Waals surface area contributed by atoms with Gasteiger partial charge in [-0.1, -0.05) is 29.3 Å². The molecule has 0 atom stereocenters. The Kier molecular flexibility index (Phi) is 5.44. The molecule has 28 heavy (non-hydrogen) atoms. The number of aliphatic imine (C=N–C) groups is 1. The second kappa shape index (κ2) is 7.84. The molecule has 2 fully saturated rings. The summed E-state index contributed by atoms with van der Waals surface area (Å²) < 4.78 is 11.5. The zero-order valence-corrected chi connectivity index (χ0v) is 16.7. The average Bonchev–Trinajstić information content (AvgIpc) is 3.13. The van der Waals surface area contributed by atoms with Crippen LogP contribution in [0.25, 0.3) is 0 Å². The van der Waals surface area contributed by atoms with Gasteiger partial charge in [-0.15, -0.1) is 0 Å². The number of rotatable bonds is 3. The number of likely N-dealkylation sites (tertiary alicyclic amines) is 1. The Morgan fingerprint density at radius 1 is 1.18 bits per heavy atom. The van der Waals surface area contributed by atoms with E-state index in [0.29, 0.717) is 67.1 Å². The van der Waals surface area contributed by atoms with Crippen molar-refractivity contribution in [2.75, 3.05) is 26.3 Å². The Labute approximate surface area is 173 Å². The molecule has 0 unspecified atom stereocenters. The highest BCUT2D eigenvalue weighted by molar-refractivity contribution is 6.36.